The van der Waals surface area contributed by atoms with E-state index >= 15 is 0 Å². The molecule has 8 nitrogen and oxygen atoms in total. The predicted molar refractivity (Wildman–Crippen MR) is 107 cm³/mol. The van der Waals surface area contributed by atoms with Gasteiger partial charge in [-0.05, 0) is 49.8 Å². The van der Waals surface area contributed by atoms with Crippen molar-refractivity contribution in [2.24, 2.45) is 0 Å². The van der Waals surface area contributed by atoms with Gasteiger partial charge < -0.3 is 14.2 Å². The Bertz CT molecular complexity index is 1150. The third kappa shape index (κ3) is 2.89. The van der Waals surface area contributed by atoms with E-state index in [2.05, 4.69) is 11.0 Å². The normalized spacial score (nSPS) is 18.2. The lowest BCUT2D eigenvalue weighted by molar-refractivity contribution is -0.197. The molecule has 0 radical (unpaired) electrons. The van der Waals surface area contributed by atoms with Crippen LogP contribution in [0.1, 0.15) is 47.9 Å². The standard InChI is InChI=1S/C22H22N2O6/c1-12-15-10-13-4-2-8-23-9-3-5-14(20(13)23)21(15)29-22(28)16(12)11-19(27)30-24-17(25)6-7-18(24)26/h10H,2-9,11H2,1H3. The van der Waals surface area contributed by atoms with Gasteiger partial charge in [-0.25, -0.2) is 9.59 Å². The SMILES string of the molecule is Cc1c(CC(=O)ON2C(=O)CCC2=O)c(=O)oc2c3c4c(cc12)CCCN4CCC3. The summed E-state index contributed by atoms with van der Waals surface area (Å²) in [5, 5.41) is 1.33. The van der Waals surface area contributed by atoms with Crippen LogP contribution in [0.2, 0.25) is 0 Å². The highest BCUT2D eigenvalue weighted by molar-refractivity contribution is 6.01. The van der Waals surface area contributed by atoms with Crippen molar-refractivity contribution in [2.45, 2.75) is 51.9 Å². The number of imide groups is 1. The fourth-order valence-electron chi connectivity index (χ4n) is 4.84. The van der Waals surface area contributed by atoms with Crippen LogP contribution >= 0.6 is 0 Å². The number of carbonyl (C=O) groups excluding carboxylic acids is 3. The molecule has 4 heterocycles. The summed E-state index contributed by atoms with van der Waals surface area (Å²) in [6.45, 7) is 3.84. The summed E-state index contributed by atoms with van der Waals surface area (Å²) >= 11 is 0. The van der Waals surface area contributed by atoms with Gasteiger partial charge in [-0.1, -0.05) is 0 Å². The topological polar surface area (TPSA) is 97.1 Å². The Morgan fingerprint density at radius 2 is 1.77 bits per heavy atom. The Hall–Kier alpha value is -3.16. The molecule has 2 aromatic rings. The fraction of sp³-hybridized carbons (Fsp3) is 0.455. The van der Waals surface area contributed by atoms with Crippen molar-refractivity contribution < 1.29 is 23.6 Å². The zero-order chi connectivity index (χ0) is 21.0. The molecule has 1 aromatic carbocycles. The van der Waals surface area contributed by atoms with Crippen LogP contribution in [-0.2, 0) is 38.5 Å². The number of carbonyl (C=O) groups is 3. The highest BCUT2D eigenvalue weighted by Crippen LogP contribution is 2.40. The van der Waals surface area contributed by atoms with E-state index in [0.29, 0.717) is 16.2 Å². The van der Waals surface area contributed by atoms with Gasteiger partial charge in [-0.2, -0.15) is 0 Å². The maximum Gasteiger partial charge on any atom is 0.340 e. The fourth-order valence-corrected chi connectivity index (χ4v) is 4.84. The second kappa shape index (κ2) is 6.97. The predicted octanol–water partition coefficient (Wildman–Crippen LogP) is 1.95. The molecule has 8 heteroatoms. The van der Waals surface area contributed by atoms with E-state index in [1.807, 2.05) is 0 Å². The maximum atomic E-state index is 12.8. The first-order valence-corrected chi connectivity index (χ1v) is 10.4. The van der Waals surface area contributed by atoms with E-state index in [9.17, 15) is 19.2 Å². The first-order valence-electron chi connectivity index (χ1n) is 10.4. The highest BCUT2D eigenvalue weighted by atomic mass is 16.7. The van der Waals surface area contributed by atoms with Gasteiger partial charge in [0.2, 0.25) is 0 Å². The number of hydroxylamine groups is 2. The summed E-state index contributed by atoms with van der Waals surface area (Å²) in [7, 11) is 0. The minimum atomic E-state index is -0.834. The van der Waals surface area contributed by atoms with Gasteiger partial charge in [-0.15, -0.1) is 5.06 Å². The van der Waals surface area contributed by atoms with Crippen LogP contribution in [0.25, 0.3) is 11.0 Å². The number of nitrogens with zero attached hydrogens (tertiary/aromatic N) is 2. The smallest absolute Gasteiger partial charge is 0.340 e. The largest absolute Gasteiger partial charge is 0.422 e. The molecule has 0 unspecified atom stereocenters. The van der Waals surface area contributed by atoms with Gasteiger partial charge in [0.25, 0.3) is 11.8 Å². The molecule has 1 fully saturated rings. The number of rotatable bonds is 3. The van der Waals surface area contributed by atoms with Crippen molar-refractivity contribution in [2.75, 3.05) is 18.0 Å². The molecule has 3 aliphatic heterocycles. The van der Waals surface area contributed by atoms with Gasteiger partial charge in [0.05, 0.1) is 12.0 Å². The van der Waals surface area contributed by atoms with E-state index in [0.717, 1.165) is 49.7 Å². The number of anilines is 1. The monoisotopic (exact) mass is 410 g/mol. The first kappa shape index (κ1) is 18.8. The average Bonchev–Trinajstić information content (AvgIpc) is 3.04. The zero-order valence-corrected chi connectivity index (χ0v) is 16.8. The van der Waals surface area contributed by atoms with E-state index in [-0.39, 0.29) is 24.8 Å². The van der Waals surface area contributed by atoms with Crippen molar-refractivity contribution in [3.05, 3.63) is 38.7 Å². The molecule has 0 aliphatic carbocycles. The zero-order valence-electron chi connectivity index (χ0n) is 16.8. The van der Waals surface area contributed by atoms with E-state index in [1.54, 1.807) is 6.92 Å². The van der Waals surface area contributed by atoms with Crippen LogP contribution in [0.15, 0.2) is 15.3 Å². The highest BCUT2D eigenvalue weighted by Gasteiger charge is 2.33. The first-order chi connectivity index (χ1) is 14.4. The molecule has 30 heavy (non-hydrogen) atoms. The van der Waals surface area contributed by atoms with E-state index in [4.69, 9.17) is 9.25 Å². The Morgan fingerprint density at radius 1 is 1.07 bits per heavy atom. The number of aryl methyl sites for hydroxylation is 3. The van der Waals surface area contributed by atoms with Gasteiger partial charge in [0.1, 0.15) is 5.58 Å². The van der Waals surface area contributed by atoms with E-state index in [1.165, 1.54) is 11.3 Å². The summed E-state index contributed by atoms with van der Waals surface area (Å²) in [4.78, 5) is 55.7. The molecule has 0 spiro atoms. The molecule has 0 N–H and O–H groups in total. The van der Waals surface area contributed by atoms with Gasteiger partial charge in [-0.3, -0.25) is 9.59 Å². The van der Waals surface area contributed by atoms with Crippen LogP contribution in [0.5, 0.6) is 0 Å². The van der Waals surface area contributed by atoms with Crippen LogP contribution in [-0.4, -0.2) is 35.9 Å². The molecular formula is C22H22N2O6. The van der Waals surface area contributed by atoms with Crippen LogP contribution in [0, 0.1) is 6.92 Å². The van der Waals surface area contributed by atoms with Crippen molar-refractivity contribution in [1.82, 2.24) is 5.06 Å². The lowest BCUT2D eigenvalue weighted by Crippen LogP contribution is -2.35. The van der Waals surface area contributed by atoms with Gasteiger partial charge in [0.15, 0.2) is 0 Å². The minimum absolute atomic E-state index is 0.0220. The van der Waals surface area contributed by atoms with Gasteiger partial charge in [0, 0.05) is 42.6 Å². The summed E-state index contributed by atoms with van der Waals surface area (Å²) in [6, 6.07) is 2.08. The molecule has 1 saturated heterocycles. The summed E-state index contributed by atoms with van der Waals surface area (Å²) in [6.07, 6.45) is 3.62. The Labute approximate surface area is 172 Å². The summed E-state index contributed by atoms with van der Waals surface area (Å²) in [5.74, 6) is -1.93. The lowest BCUT2D eigenvalue weighted by Gasteiger charge is -2.37. The minimum Gasteiger partial charge on any atom is -0.422 e. The molecule has 2 amide bonds. The number of benzene rings is 1. The molecule has 0 atom stereocenters. The van der Waals surface area contributed by atoms with E-state index < -0.39 is 23.4 Å². The molecule has 0 bridgehead atoms. The number of hydrogen-bond donors (Lipinski definition) is 0. The quantitative estimate of drug-likeness (QED) is 0.564. The second-order valence-corrected chi connectivity index (χ2v) is 8.15. The van der Waals surface area contributed by atoms with Crippen molar-refractivity contribution in [1.29, 1.82) is 0 Å². The molecule has 156 valence electrons. The lowest BCUT2D eigenvalue weighted by atomic mass is 9.88. The number of amides is 2. The second-order valence-electron chi connectivity index (χ2n) is 8.15. The Balaban J connectivity index is 1.53. The van der Waals surface area contributed by atoms with Crippen molar-refractivity contribution in [3.8, 4) is 0 Å². The van der Waals surface area contributed by atoms with Crippen LogP contribution < -0.4 is 10.5 Å². The Morgan fingerprint density at radius 3 is 2.50 bits per heavy atom. The number of fused-ring (bicyclic) bond motifs is 2. The molecule has 3 aliphatic rings. The Kier molecular flexibility index (Phi) is 4.38. The van der Waals surface area contributed by atoms with Crippen molar-refractivity contribution in [3.63, 3.8) is 0 Å². The average molecular weight is 410 g/mol. The summed E-state index contributed by atoms with van der Waals surface area (Å²) in [5.41, 5.74) is 4.44. The maximum absolute atomic E-state index is 12.8. The third-order valence-electron chi connectivity index (χ3n) is 6.29. The summed E-state index contributed by atoms with van der Waals surface area (Å²) < 4.78 is 5.72. The van der Waals surface area contributed by atoms with Crippen LogP contribution in [0.3, 0.4) is 0 Å². The molecule has 5 rings (SSSR count). The molecule has 0 saturated carbocycles. The molecule has 1 aromatic heterocycles. The van der Waals surface area contributed by atoms with Crippen molar-refractivity contribution >= 4 is 34.4 Å². The third-order valence-corrected chi connectivity index (χ3v) is 6.29. The van der Waals surface area contributed by atoms with Crippen LogP contribution in [0.4, 0.5) is 5.69 Å². The molecular weight excluding hydrogens is 388 g/mol. The number of hydrogen-bond acceptors (Lipinski definition) is 7. The van der Waals surface area contributed by atoms with Gasteiger partial charge >= 0.3 is 11.6 Å².